The first-order valence-corrected chi connectivity index (χ1v) is 27.1. The van der Waals surface area contributed by atoms with E-state index in [0.717, 1.165) is 17.7 Å². The second-order valence-corrected chi connectivity index (χ2v) is 20.9. The molecular formula is C58H86N8O11. The Morgan fingerprint density at radius 1 is 0.662 bits per heavy atom. The van der Waals surface area contributed by atoms with Crippen LogP contribution in [0.4, 0.5) is 0 Å². The Balaban J connectivity index is 0.000000334. The highest BCUT2D eigenvalue weighted by atomic mass is 16.5. The highest BCUT2D eigenvalue weighted by Gasteiger charge is 2.30. The predicted molar refractivity (Wildman–Crippen MR) is 296 cm³/mol. The van der Waals surface area contributed by atoms with Crippen molar-refractivity contribution in [1.82, 2.24) is 40.4 Å². The Morgan fingerprint density at radius 3 is 1.61 bits per heavy atom. The quantitative estimate of drug-likeness (QED) is 0.0454. The van der Waals surface area contributed by atoms with Crippen LogP contribution < -0.4 is 34.9 Å². The van der Waals surface area contributed by atoms with Gasteiger partial charge in [0, 0.05) is 51.5 Å². The van der Waals surface area contributed by atoms with Crippen LogP contribution in [-0.2, 0) is 37.0 Å². The van der Waals surface area contributed by atoms with E-state index in [1.54, 1.807) is 64.1 Å². The van der Waals surface area contributed by atoms with Crippen molar-refractivity contribution in [2.75, 3.05) is 55.7 Å². The molecule has 19 heteroatoms. The third-order valence-electron chi connectivity index (χ3n) is 13.4. The maximum atomic E-state index is 13.6. The lowest BCUT2D eigenvalue weighted by molar-refractivity contribution is -0.141. The third kappa shape index (κ3) is 18.9. The molecule has 2 aromatic carbocycles. The van der Waals surface area contributed by atoms with Crippen LogP contribution in [0.25, 0.3) is 22.5 Å². The largest absolute Gasteiger partial charge is 0.496 e. The van der Waals surface area contributed by atoms with Gasteiger partial charge in [0.25, 0.3) is 11.8 Å². The molecule has 1 aliphatic rings. The fourth-order valence-corrected chi connectivity index (χ4v) is 9.44. The Bertz CT molecular complexity index is 2520. The van der Waals surface area contributed by atoms with Crippen LogP contribution in [0.1, 0.15) is 140 Å². The summed E-state index contributed by atoms with van der Waals surface area (Å²) in [5.41, 5.74) is 3.40. The molecule has 5 rings (SSSR count). The molecule has 4 aromatic rings. The van der Waals surface area contributed by atoms with E-state index >= 15 is 0 Å². The van der Waals surface area contributed by atoms with Crippen molar-refractivity contribution in [2.24, 2.45) is 23.7 Å². The minimum Gasteiger partial charge on any atom is -0.496 e. The number of rotatable bonds is 28. The van der Waals surface area contributed by atoms with Gasteiger partial charge in [-0.05, 0) is 79.3 Å². The topological polar surface area (TPSA) is 224 Å². The summed E-state index contributed by atoms with van der Waals surface area (Å²) < 4.78 is 30.6. The number of Topliss-reactive ketones (excluding diaryl/α,β-unsaturated/α-hetero) is 1. The molecule has 0 unspecified atom stereocenters. The number of hydrogen-bond donors (Lipinski definition) is 3. The SMILES string of the molecule is CCC(=O)CNC(=O)C[C@H](CCC1CCCCC1)NC(=O)c1cc(-c2c(OC)cccc2OC)n(CC(C)C)n1.COC(=O)CNC(=O)C[C@H](CC(C)C)N(C)C(=O)c1cc(-c2c(OC)cccc2OC)n(CC(C)C)n1. The molecule has 19 nitrogen and oxygen atoms in total. The molecule has 424 valence electrons. The molecule has 3 N–H and O–H groups in total. The van der Waals surface area contributed by atoms with Crippen LogP contribution in [0.15, 0.2) is 48.5 Å². The third-order valence-corrected chi connectivity index (χ3v) is 13.4. The van der Waals surface area contributed by atoms with E-state index in [9.17, 15) is 28.8 Å². The van der Waals surface area contributed by atoms with Crippen LogP contribution in [0.2, 0.25) is 0 Å². The van der Waals surface area contributed by atoms with Crippen molar-refractivity contribution in [3.63, 3.8) is 0 Å². The summed E-state index contributed by atoms with van der Waals surface area (Å²) in [4.78, 5) is 77.1. The fraction of sp³-hybridized carbons (Fsp3) is 0.586. The summed E-state index contributed by atoms with van der Waals surface area (Å²) in [7, 11) is 9.31. The van der Waals surface area contributed by atoms with Crippen molar-refractivity contribution in [3.8, 4) is 45.5 Å². The molecule has 0 saturated heterocycles. The number of esters is 1. The molecule has 0 bridgehead atoms. The van der Waals surface area contributed by atoms with Gasteiger partial charge in [-0.1, -0.05) is 92.7 Å². The van der Waals surface area contributed by atoms with Crippen LogP contribution in [0.3, 0.4) is 0 Å². The first-order valence-electron chi connectivity index (χ1n) is 27.1. The number of methoxy groups -OCH3 is 5. The maximum absolute atomic E-state index is 13.6. The number of hydrogen-bond acceptors (Lipinski definition) is 13. The minimum absolute atomic E-state index is 0.0162. The number of amides is 4. The van der Waals surface area contributed by atoms with Gasteiger partial charge in [-0.15, -0.1) is 0 Å². The first-order chi connectivity index (χ1) is 36.8. The highest BCUT2D eigenvalue weighted by Crippen LogP contribution is 2.40. The molecule has 4 amide bonds. The number of ether oxygens (including phenoxy) is 5. The van der Waals surface area contributed by atoms with E-state index in [1.165, 1.54) is 39.2 Å². The number of ketones is 1. The molecular weight excluding hydrogens is 985 g/mol. The van der Waals surface area contributed by atoms with Crippen LogP contribution in [0, 0.1) is 23.7 Å². The van der Waals surface area contributed by atoms with Crippen LogP contribution >= 0.6 is 0 Å². The average Bonchev–Trinajstić information content (AvgIpc) is 4.05. The minimum atomic E-state index is -0.534. The van der Waals surface area contributed by atoms with Gasteiger partial charge < -0.3 is 44.5 Å². The van der Waals surface area contributed by atoms with Crippen molar-refractivity contribution >= 4 is 35.4 Å². The van der Waals surface area contributed by atoms with Crippen molar-refractivity contribution in [1.29, 1.82) is 0 Å². The lowest BCUT2D eigenvalue weighted by Gasteiger charge is -2.28. The average molecular weight is 1070 g/mol. The lowest BCUT2D eigenvalue weighted by atomic mass is 9.85. The van der Waals surface area contributed by atoms with Gasteiger partial charge >= 0.3 is 5.97 Å². The van der Waals surface area contributed by atoms with Crippen molar-refractivity contribution in [2.45, 2.75) is 144 Å². The van der Waals surface area contributed by atoms with E-state index < -0.39 is 5.97 Å². The molecule has 0 spiro atoms. The molecule has 2 atom stereocenters. The summed E-state index contributed by atoms with van der Waals surface area (Å²) in [6, 6.07) is 13.8. The molecule has 1 aliphatic carbocycles. The summed E-state index contributed by atoms with van der Waals surface area (Å²) in [5.74, 6) is 2.12. The maximum Gasteiger partial charge on any atom is 0.325 e. The van der Waals surface area contributed by atoms with Crippen LogP contribution in [0.5, 0.6) is 23.0 Å². The smallest absolute Gasteiger partial charge is 0.325 e. The summed E-state index contributed by atoms with van der Waals surface area (Å²) in [6.45, 7) is 15.1. The number of nitrogens with zero attached hydrogens (tertiary/aromatic N) is 5. The highest BCUT2D eigenvalue weighted by molar-refractivity contribution is 5.96. The standard InChI is InChI=1S/C31H46N4O5.C27H40N4O6/c1-6-24(36)19-32-29(37)17-23(16-15-22-11-8-7-9-12-22)33-31(38)25-18-26(35(34-25)20-21(2)3)30-27(39-4)13-10-14-28(30)40-5;1-17(2)12-19(13-24(32)28-15-25(33)37-8)30(5)27(34)20-14-21(31(29-20)16-18(3)4)26-22(35-6)10-9-11-23(26)36-7/h10,13-14,18,21-23H,6-9,11-12,15-17,19-20H2,1-5H3,(H,32,37)(H,33,38);9-11,14,17-19H,12-13,15-16H2,1-8H3,(H,28,32)/t23-;19-/m00/s1. The number of carbonyl (C=O) groups excluding carboxylic acids is 6. The second kappa shape index (κ2) is 31.3. The summed E-state index contributed by atoms with van der Waals surface area (Å²) >= 11 is 0. The Labute approximate surface area is 455 Å². The summed E-state index contributed by atoms with van der Waals surface area (Å²) in [6.07, 6.45) is 8.96. The molecule has 77 heavy (non-hydrogen) atoms. The van der Waals surface area contributed by atoms with Crippen molar-refractivity contribution in [3.05, 3.63) is 59.9 Å². The number of aromatic nitrogens is 4. The molecule has 2 aromatic heterocycles. The zero-order valence-electron chi connectivity index (χ0n) is 47.9. The Hall–Kier alpha value is -6.92. The van der Waals surface area contributed by atoms with Crippen LogP contribution in [-0.4, -0.2) is 128 Å². The molecule has 2 heterocycles. The van der Waals surface area contributed by atoms with E-state index in [1.807, 2.05) is 54.9 Å². The molecule has 0 radical (unpaired) electrons. The van der Waals surface area contributed by atoms with Gasteiger partial charge in [-0.25, -0.2) is 0 Å². The van der Waals surface area contributed by atoms with Gasteiger partial charge in [-0.3, -0.25) is 38.1 Å². The molecule has 1 fully saturated rings. The zero-order chi connectivity index (χ0) is 56.8. The summed E-state index contributed by atoms with van der Waals surface area (Å²) in [5, 5.41) is 17.7. The van der Waals surface area contributed by atoms with Gasteiger partial charge in [0.1, 0.15) is 29.5 Å². The van der Waals surface area contributed by atoms with Gasteiger partial charge in [0.05, 0.1) is 64.6 Å². The van der Waals surface area contributed by atoms with E-state index in [0.29, 0.717) is 72.5 Å². The predicted octanol–water partition coefficient (Wildman–Crippen LogP) is 8.56. The lowest BCUT2D eigenvalue weighted by Crippen LogP contribution is -2.42. The van der Waals surface area contributed by atoms with Gasteiger partial charge in [-0.2, -0.15) is 10.2 Å². The van der Waals surface area contributed by atoms with E-state index in [2.05, 4.69) is 58.6 Å². The van der Waals surface area contributed by atoms with E-state index in [4.69, 9.17) is 18.9 Å². The molecule has 0 aliphatic heterocycles. The number of carbonyl (C=O) groups is 6. The fourth-order valence-electron chi connectivity index (χ4n) is 9.44. The Morgan fingerprint density at radius 2 is 1.14 bits per heavy atom. The zero-order valence-corrected chi connectivity index (χ0v) is 47.9. The molecule has 1 saturated carbocycles. The second-order valence-electron chi connectivity index (χ2n) is 20.9. The van der Waals surface area contributed by atoms with Crippen molar-refractivity contribution < 1.29 is 52.5 Å². The van der Waals surface area contributed by atoms with Gasteiger partial charge in [0.2, 0.25) is 11.8 Å². The monoisotopic (exact) mass is 1070 g/mol. The van der Waals surface area contributed by atoms with E-state index in [-0.39, 0.29) is 96.6 Å². The number of nitrogens with one attached hydrogen (secondary N) is 3. The first kappa shape index (κ1) is 62.6. The Kier molecular flexibility index (Phi) is 25.5. The van der Waals surface area contributed by atoms with Gasteiger partial charge in [0.15, 0.2) is 17.2 Å². The normalized spacial score (nSPS) is 13.2. The number of benzene rings is 2.